The summed E-state index contributed by atoms with van der Waals surface area (Å²) in [6.45, 7) is 0. The van der Waals surface area contributed by atoms with Crippen LogP contribution in [0, 0.1) is 5.41 Å². The van der Waals surface area contributed by atoms with E-state index in [1.54, 1.807) is 12.1 Å². The second kappa shape index (κ2) is 2.26. The summed E-state index contributed by atoms with van der Waals surface area (Å²) in [4.78, 5) is 10.0. The van der Waals surface area contributed by atoms with Crippen molar-refractivity contribution >= 4 is 6.41 Å². The average molecular weight is 122 g/mol. The van der Waals surface area contributed by atoms with E-state index in [0.29, 0.717) is 11.8 Å². The molecule has 1 rings (SSSR count). The monoisotopic (exact) mass is 122 g/mol. The first-order valence-electron chi connectivity index (χ1n) is 2.50. The molecule has 0 aliphatic carbocycles. The quantitative estimate of drug-likeness (QED) is 0.524. The first-order valence-corrected chi connectivity index (χ1v) is 2.50. The van der Waals surface area contributed by atoms with Crippen molar-refractivity contribution in [3.8, 4) is 0 Å². The van der Waals surface area contributed by atoms with Crippen LogP contribution in [0.25, 0.3) is 0 Å². The Hall–Kier alpha value is -1.38. The van der Waals surface area contributed by atoms with E-state index in [-0.39, 0.29) is 0 Å². The highest BCUT2D eigenvalue weighted by Crippen LogP contribution is 1.74. The van der Waals surface area contributed by atoms with Crippen LogP contribution in [0.2, 0.25) is 0 Å². The van der Waals surface area contributed by atoms with Gasteiger partial charge in [0, 0.05) is 12.4 Å². The van der Waals surface area contributed by atoms with E-state index in [0.717, 1.165) is 0 Å². The van der Waals surface area contributed by atoms with Crippen LogP contribution in [0.1, 0.15) is 0 Å². The van der Waals surface area contributed by atoms with E-state index >= 15 is 0 Å². The van der Waals surface area contributed by atoms with Crippen molar-refractivity contribution < 1.29 is 4.79 Å². The van der Waals surface area contributed by atoms with Gasteiger partial charge < -0.3 is 5.41 Å². The topological polar surface area (TPSA) is 45.9 Å². The van der Waals surface area contributed by atoms with Crippen LogP contribution >= 0.6 is 0 Å². The zero-order valence-corrected chi connectivity index (χ0v) is 4.74. The summed E-state index contributed by atoms with van der Waals surface area (Å²) in [5.41, 5.74) is 0. The number of carbonyl (C=O) groups is 1. The van der Waals surface area contributed by atoms with Crippen LogP contribution < -0.4 is 5.36 Å². The Morgan fingerprint density at radius 3 is 2.44 bits per heavy atom. The van der Waals surface area contributed by atoms with Gasteiger partial charge in [-0.1, -0.05) is 0 Å². The van der Waals surface area contributed by atoms with Gasteiger partial charge in [-0.25, -0.2) is 0 Å². The first-order chi connectivity index (χ1) is 4.33. The van der Waals surface area contributed by atoms with Gasteiger partial charge in [0.1, 0.15) is 0 Å². The Morgan fingerprint density at radius 1 is 1.44 bits per heavy atom. The molecule has 0 fully saturated rings. The molecular weight excluding hydrogens is 116 g/mol. The molecule has 0 aliphatic rings. The Balaban J connectivity index is 3.16. The van der Waals surface area contributed by atoms with Gasteiger partial charge in [-0.2, -0.15) is 0 Å². The lowest BCUT2D eigenvalue weighted by Crippen LogP contribution is -2.01. The standard InChI is InChI=1S/C6H6N2O/c7-6-1-3-8(5-9)4-2-6/h1-5,7H. The number of nitrogens with one attached hydrogen (secondary N) is 1. The predicted octanol–water partition coefficient (Wildman–Crippen LogP) is 0.00587. The number of pyridine rings is 1. The first kappa shape index (κ1) is 5.75. The highest BCUT2D eigenvalue weighted by molar-refractivity contribution is 5.51. The Bertz CT molecular complexity index is 244. The maximum atomic E-state index is 10.0. The molecule has 3 nitrogen and oxygen atoms in total. The fourth-order valence-corrected chi connectivity index (χ4v) is 0.508. The number of hydrogen-bond acceptors (Lipinski definition) is 2. The van der Waals surface area contributed by atoms with Gasteiger partial charge in [0.15, 0.2) is 0 Å². The van der Waals surface area contributed by atoms with E-state index < -0.39 is 0 Å². The summed E-state index contributed by atoms with van der Waals surface area (Å²) >= 11 is 0. The zero-order chi connectivity index (χ0) is 6.69. The van der Waals surface area contributed by atoms with Crippen LogP contribution in [0.5, 0.6) is 0 Å². The number of rotatable bonds is 1. The van der Waals surface area contributed by atoms with Gasteiger partial charge in [0.2, 0.25) is 6.41 Å². The fourth-order valence-electron chi connectivity index (χ4n) is 0.508. The van der Waals surface area contributed by atoms with Crippen LogP contribution in [-0.4, -0.2) is 11.0 Å². The minimum atomic E-state index is 0.410. The fraction of sp³-hybridized carbons (Fsp3) is 0. The normalized spacial score (nSPS) is 8.89. The summed E-state index contributed by atoms with van der Waals surface area (Å²) in [6, 6.07) is 3.10. The predicted molar refractivity (Wildman–Crippen MR) is 32.4 cm³/mol. The summed E-state index contributed by atoms with van der Waals surface area (Å²) in [5.74, 6) is 0. The lowest BCUT2D eigenvalue weighted by atomic mass is 10.5. The lowest BCUT2D eigenvalue weighted by Gasteiger charge is -1.89. The van der Waals surface area contributed by atoms with Crippen molar-refractivity contribution in [2.45, 2.75) is 0 Å². The highest BCUT2D eigenvalue weighted by Gasteiger charge is 1.78. The second-order valence-electron chi connectivity index (χ2n) is 1.64. The molecule has 0 saturated carbocycles. The van der Waals surface area contributed by atoms with Crippen LogP contribution in [0.3, 0.4) is 0 Å². The minimum Gasteiger partial charge on any atom is -0.301 e. The van der Waals surface area contributed by atoms with Crippen molar-refractivity contribution in [1.29, 1.82) is 5.41 Å². The highest BCUT2D eigenvalue weighted by atomic mass is 16.1. The van der Waals surface area contributed by atoms with Gasteiger partial charge in [-0.3, -0.25) is 9.36 Å². The molecule has 0 unspecified atom stereocenters. The molecule has 1 heterocycles. The van der Waals surface area contributed by atoms with Crippen LogP contribution in [0.15, 0.2) is 24.5 Å². The molecule has 0 aliphatic heterocycles. The van der Waals surface area contributed by atoms with Crippen molar-refractivity contribution in [1.82, 2.24) is 4.57 Å². The smallest absolute Gasteiger partial charge is 0.217 e. The Morgan fingerprint density at radius 2 is 2.00 bits per heavy atom. The molecule has 1 N–H and O–H groups in total. The SMILES string of the molecule is N=c1ccn(C=O)cc1. The molecule has 0 aromatic carbocycles. The Labute approximate surface area is 52.1 Å². The molecular formula is C6H6N2O. The number of nitrogens with zero attached hydrogens (tertiary/aromatic N) is 1. The van der Waals surface area contributed by atoms with Gasteiger partial charge in [-0.05, 0) is 12.1 Å². The van der Waals surface area contributed by atoms with Crippen molar-refractivity contribution in [3.05, 3.63) is 29.9 Å². The molecule has 0 atom stereocenters. The van der Waals surface area contributed by atoms with E-state index in [2.05, 4.69) is 0 Å². The largest absolute Gasteiger partial charge is 0.301 e. The molecule has 0 bridgehead atoms. The molecule has 0 amide bonds. The van der Waals surface area contributed by atoms with Gasteiger partial charge in [0.05, 0.1) is 5.36 Å². The Kier molecular flexibility index (Phi) is 1.44. The second-order valence-corrected chi connectivity index (χ2v) is 1.64. The van der Waals surface area contributed by atoms with Crippen molar-refractivity contribution in [2.75, 3.05) is 0 Å². The number of aromatic nitrogens is 1. The van der Waals surface area contributed by atoms with Gasteiger partial charge >= 0.3 is 0 Å². The summed E-state index contributed by atoms with van der Waals surface area (Å²) in [7, 11) is 0. The molecule has 9 heavy (non-hydrogen) atoms. The van der Waals surface area contributed by atoms with Crippen molar-refractivity contribution in [2.24, 2.45) is 0 Å². The maximum absolute atomic E-state index is 10.0. The summed E-state index contributed by atoms with van der Waals surface area (Å²) in [5, 5.41) is 7.45. The molecule has 0 spiro atoms. The van der Waals surface area contributed by atoms with E-state index in [1.807, 2.05) is 0 Å². The zero-order valence-electron chi connectivity index (χ0n) is 4.74. The maximum Gasteiger partial charge on any atom is 0.217 e. The summed E-state index contributed by atoms with van der Waals surface area (Å²) in [6.07, 6.45) is 3.75. The van der Waals surface area contributed by atoms with Crippen LogP contribution in [0.4, 0.5) is 0 Å². The minimum absolute atomic E-state index is 0.410. The molecule has 3 heteroatoms. The van der Waals surface area contributed by atoms with Crippen LogP contribution in [-0.2, 0) is 4.79 Å². The molecule has 1 aromatic heterocycles. The van der Waals surface area contributed by atoms with Gasteiger partial charge in [0.25, 0.3) is 0 Å². The molecule has 46 valence electrons. The van der Waals surface area contributed by atoms with Crippen molar-refractivity contribution in [3.63, 3.8) is 0 Å². The average Bonchev–Trinajstić information content (AvgIpc) is 1.90. The molecule has 1 aromatic rings. The van der Waals surface area contributed by atoms with E-state index in [9.17, 15) is 4.79 Å². The summed E-state index contributed by atoms with van der Waals surface area (Å²) < 4.78 is 1.35. The molecule has 0 saturated heterocycles. The third-order valence-electron chi connectivity index (χ3n) is 0.974. The third kappa shape index (κ3) is 1.25. The number of carbonyl (C=O) groups excluding carboxylic acids is 1. The van der Waals surface area contributed by atoms with Gasteiger partial charge in [-0.15, -0.1) is 0 Å². The number of hydrogen-bond donors (Lipinski definition) is 1. The van der Waals surface area contributed by atoms with E-state index in [1.165, 1.54) is 17.0 Å². The van der Waals surface area contributed by atoms with E-state index in [4.69, 9.17) is 5.41 Å². The lowest BCUT2D eigenvalue weighted by molar-refractivity contribution is 0.547. The molecule has 0 radical (unpaired) electrons. The third-order valence-corrected chi connectivity index (χ3v) is 0.974.